The molecule has 1 unspecified atom stereocenters. The molecule has 0 spiro atoms. The number of hydrogen-bond donors (Lipinski definition) is 2. The summed E-state index contributed by atoms with van der Waals surface area (Å²) < 4.78 is 0. The number of rotatable bonds is 6. The highest BCUT2D eigenvalue weighted by Gasteiger charge is 2.22. The van der Waals surface area contributed by atoms with Crippen molar-refractivity contribution in [2.75, 3.05) is 19.6 Å². The molecule has 2 atom stereocenters. The maximum atomic E-state index is 11.8. The summed E-state index contributed by atoms with van der Waals surface area (Å²) in [4.78, 5) is 24.2. The lowest BCUT2D eigenvalue weighted by molar-refractivity contribution is -0.124. The first-order valence-electron chi connectivity index (χ1n) is 6.81. The minimum Gasteiger partial charge on any atom is -0.354 e. The predicted octanol–water partition coefficient (Wildman–Crippen LogP) is 0.344. The highest BCUT2D eigenvalue weighted by Crippen LogP contribution is 2.15. The van der Waals surface area contributed by atoms with E-state index in [9.17, 15) is 9.59 Å². The number of carbonyl (C=O) groups excluding carboxylic acids is 2. The second-order valence-corrected chi connectivity index (χ2v) is 5.24. The number of hydrogen-bond acceptors (Lipinski definition) is 3. The molecule has 1 heterocycles. The SMILES string of the molecule is CCC(C)[C@H](N)C(=O)NCC1CCN(C=O)CC1. The van der Waals surface area contributed by atoms with Gasteiger partial charge in [0.05, 0.1) is 6.04 Å². The fourth-order valence-corrected chi connectivity index (χ4v) is 2.14. The van der Waals surface area contributed by atoms with E-state index in [0.717, 1.165) is 38.8 Å². The Hall–Kier alpha value is -1.10. The van der Waals surface area contributed by atoms with Crippen molar-refractivity contribution < 1.29 is 9.59 Å². The smallest absolute Gasteiger partial charge is 0.237 e. The molecule has 0 bridgehead atoms. The molecule has 3 N–H and O–H groups in total. The van der Waals surface area contributed by atoms with Gasteiger partial charge in [-0.1, -0.05) is 20.3 Å². The molecule has 2 amide bonds. The first-order chi connectivity index (χ1) is 8.58. The molecule has 0 aromatic rings. The van der Waals surface area contributed by atoms with Crippen molar-refractivity contribution in [2.24, 2.45) is 17.6 Å². The third-order valence-electron chi connectivity index (χ3n) is 3.92. The molecule has 1 aliphatic rings. The minimum atomic E-state index is -0.412. The van der Waals surface area contributed by atoms with Gasteiger partial charge in [0.15, 0.2) is 0 Å². The van der Waals surface area contributed by atoms with Gasteiger partial charge >= 0.3 is 0 Å². The second kappa shape index (κ2) is 7.36. The molecule has 0 aromatic heterocycles. The van der Waals surface area contributed by atoms with Crippen molar-refractivity contribution in [3.8, 4) is 0 Å². The lowest BCUT2D eigenvalue weighted by Crippen LogP contribution is -2.47. The Morgan fingerprint density at radius 2 is 2.11 bits per heavy atom. The zero-order valence-electron chi connectivity index (χ0n) is 11.4. The molecule has 1 fully saturated rings. The fraction of sp³-hybridized carbons (Fsp3) is 0.846. The van der Waals surface area contributed by atoms with Crippen molar-refractivity contribution >= 4 is 12.3 Å². The maximum Gasteiger partial charge on any atom is 0.237 e. The molecule has 18 heavy (non-hydrogen) atoms. The maximum absolute atomic E-state index is 11.8. The minimum absolute atomic E-state index is 0.0535. The Kier molecular flexibility index (Phi) is 6.12. The average Bonchev–Trinajstić information content (AvgIpc) is 2.43. The van der Waals surface area contributed by atoms with Gasteiger partial charge in [0.1, 0.15) is 0 Å². The Morgan fingerprint density at radius 3 is 2.61 bits per heavy atom. The Bertz CT molecular complexity index is 275. The van der Waals surface area contributed by atoms with Crippen molar-refractivity contribution in [3.05, 3.63) is 0 Å². The highest BCUT2D eigenvalue weighted by atomic mass is 16.2. The Morgan fingerprint density at radius 1 is 1.50 bits per heavy atom. The van der Waals surface area contributed by atoms with Gasteiger partial charge in [-0.25, -0.2) is 0 Å². The second-order valence-electron chi connectivity index (χ2n) is 5.24. The number of nitrogens with one attached hydrogen (secondary N) is 1. The first-order valence-corrected chi connectivity index (χ1v) is 6.81. The van der Waals surface area contributed by atoms with Gasteiger partial charge in [0.25, 0.3) is 0 Å². The number of nitrogens with two attached hydrogens (primary N) is 1. The van der Waals surface area contributed by atoms with E-state index in [-0.39, 0.29) is 11.8 Å². The number of nitrogens with zero attached hydrogens (tertiary/aromatic N) is 1. The third-order valence-corrected chi connectivity index (χ3v) is 3.92. The van der Waals surface area contributed by atoms with Crippen LogP contribution < -0.4 is 11.1 Å². The molecule has 0 saturated carbocycles. The van der Waals surface area contributed by atoms with E-state index in [4.69, 9.17) is 5.73 Å². The van der Waals surface area contributed by atoms with Crippen molar-refractivity contribution in [1.29, 1.82) is 0 Å². The molecule has 1 saturated heterocycles. The summed E-state index contributed by atoms with van der Waals surface area (Å²) in [5, 5.41) is 2.93. The van der Waals surface area contributed by atoms with Crippen molar-refractivity contribution in [2.45, 2.75) is 39.2 Å². The summed E-state index contributed by atoms with van der Waals surface area (Å²) in [5.74, 6) is 0.623. The lowest BCUT2D eigenvalue weighted by atomic mass is 9.96. The molecule has 104 valence electrons. The highest BCUT2D eigenvalue weighted by molar-refractivity contribution is 5.81. The molecule has 5 nitrogen and oxygen atoms in total. The number of likely N-dealkylation sites (tertiary alicyclic amines) is 1. The predicted molar refractivity (Wildman–Crippen MR) is 70.8 cm³/mol. The first kappa shape index (κ1) is 15.0. The van der Waals surface area contributed by atoms with E-state index in [0.29, 0.717) is 12.5 Å². The summed E-state index contributed by atoms with van der Waals surface area (Å²) in [7, 11) is 0. The molecule has 0 radical (unpaired) electrons. The molecule has 0 aromatic carbocycles. The summed E-state index contributed by atoms with van der Waals surface area (Å²) in [6.45, 7) is 6.29. The van der Waals surface area contributed by atoms with Crippen LogP contribution in [0.3, 0.4) is 0 Å². The number of carbonyl (C=O) groups is 2. The van der Waals surface area contributed by atoms with E-state index in [2.05, 4.69) is 5.32 Å². The molecule has 5 heteroatoms. The van der Waals surface area contributed by atoms with Crippen LogP contribution in [0, 0.1) is 11.8 Å². The van der Waals surface area contributed by atoms with Crippen molar-refractivity contribution in [1.82, 2.24) is 10.2 Å². The van der Waals surface area contributed by atoms with Gasteiger partial charge in [-0.05, 0) is 24.7 Å². The van der Waals surface area contributed by atoms with Gasteiger partial charge < -0.3 is 16.0 Å². The van der Waals surface area contributed by atoms with Crippen LogP contribution in [0.25, 0.3) is 0 Å². The van der Waals surface area contributed by atoms with E-state index < -0.39 is 6.04 Å². The van der Waals surface area contributed by atoms with Crippen LogP contribution in [-0.2, 0) is 9.59 Å². The van der Waals surface area contributed by atoms with Gasteiger partial charge in [0.2, 0.25) is 12.3 Å². The fourth-order valence-electron chi connectivity index (χ4n) is 2.14. The van der Waals surface area contributed by atoms with Crippen molar-refractivity contribution in [3.63, 3.8) is 0 Å². The van der Waals surface area contributed by atoms with Crippen LogP contribution in [0.5, 0.6) is 0 Å². The quantitative estimate of drug-likeness (QED) is 0.672. The van der Waals surface area contributed by atoms with Gasteiger partial charge in [-0.3, -0.25) is 9.59 Å². The lowest BCUT2D eigenvalue weighted by Gasteiger charge is -2.29. The van der Waals surface area contributed by atoms with E-state index in [1.165, 1.54) is 0 Å². The monoisotopic (exact) mass is 255 g/mol. The Balaban J connectivity index is 2.25. The largest absolute Gasteiger partial charge is 0.354 e. The van der Waals surface area contributed by atoms with E-state index >= 15 is 0 Å². The normalized spacial score (nSPS) is 20.3. The van der Waals surface area contributed by atoms with Crippen LogP contribution >= 0.6 is 0 Å². The summed E-state index contributed by atoms with van der Waals surface area (Å²) in [5.41, 5.74) is 5.86. The van der Waals surface area contributed by atoms with Crippen LogP contribution in [0.1, 0.15) is 33.1 Å². The number of piperidine rings is 1. The zero-order valence-corrected chi connectivity index (χ0v) is 11.4. The van der Waals surface area contributed by atoms with Gasteiger partial charge in [-0.15, -0.1) is 0 Å². The molecule has 1 aliphatic heterocycles. The summed E-state index contributed by atoms with van der Waals surface area (Å²) in [6, 6.07) is -0.412. The summed E-state index contributed by atoms with van der Waals surface area (Å²) >= 11 is 0. The topological polar surface area (TPSA) is 75.4 Å². The number of amides is 2. The van der Waals surface area contributed by atoms with Crippen LogP contribution in [0.4, 0.5) is 0 Å². The molecule has 0 aliphatic carbocycles. The van der Waals surface area contributed by atoms with E-state index in [1.807, 2.05) is 13.8 Å². The zero-order chi connectivity index (χ0) is 13.5. The van der Waals surface area contributed by atoms with Crippen LogP contribution in [0.2, 0.25) is 0 Å². The Labute approximate surface area is 109 Å². The van der Waals surface area contributed by atoms with E-state index in [1.54, 1.807) is 4.90 Å². The van der Waals surface area contributed by atoms with Crippen LogP contribution in [0.15, 0.2) is 0 Å². The third kappa shape index (κ3) is 4.29. The van der Waals surface area contributed by atoms with Gasteiger partial charge in [-0.2, -0.15) is 0 Å². The summed E-state index contributed by atoms with van der Waals surface area (Å²) in [6.07, 6.45) is 3.72. The molecular formula is C13H25N3O2. The average molecular weight is 255 g/mol. The molecular weight excluding hydrogens is 230 g/mol. The van der Waals surface area contributed by atoms with Gasteiger partial charge in [0, 0.05) is 19.6 Å². The standard InChI is InChI=1S/C13H25N3O2/c1-3-10(2)12(14)13(18)15-8-11-4-6-16(9-17)7-5-11/h9-12H,3-8,14H2,1-2H3,(H,15,18)/t10?,12-/m0/s1. The molecule has 1 rings (SSSR count). The van der Waals surface area contributed by atoms with Crippen LogP contribution in [-0.4, -0.2) is 42.9 Å².